The number of carbonyl (C=O) groups excluding carboxylic acids is 2. The molecule has 0 bridgehead atoms. The van der Waals surface area contributed by atoms with E-state index in [-0.39, 0.29) is 11.3 Å². The molecular weight excluding hydrogens is 438 g/mol. The minimum absolute atomic E-state index is 0.0551. The molecule has 1 aliphatic heterocycles. The van der Waals surface area contributed by atoms with Crippen molar-refractivity contribution in [3.05, 3.63) is 113 Å². The average Bonchev–Trinajstić information content (AvgIpc) is 3.14. The molecule has 1 aliphatic rings. The number of aryl methyl sites for hydroxylation is 1. The van der Waals surface area contributed by atoms with Crippen molar-refractivity contribution < 1.29 is 19.4 Å². The van der Waals surface area contributed by atoms with E-state index in [1.807, 2.05) is 98.8 Å². The molecule has 1 saturated heterocycles. The molecule has 1 atom stereocenters. The van der Waals surface area contributed by atoms with E-state index in [1.165, 1.54) is 4.90 Å². The minimum atomic E-state index is -0.801. The van der Waals surface area contributed by atoms with Crippen molar-refractivity contribution in [2.75, 3.05) is 11.5 Å². The van der Waals surface area contributed by atoms with Crippen LogP contribution in [0.3, 0.4) is 0 Å². The Morgan fingerprint density at radius 3 is 2.37 bits per heavy atom. The maximum absolute atomic E-state index is 13.4. The molecule has 4 aromatic carbocycles. The number of benzene rings is 4. The van der Waals surface area contributed by atoms with Gasteiger partial charge in [0.1, 0.15) is 11.5 Å². The lowest BCUT2D eigenvalue weighted by molar-refractivity contribution is -0.132. The van der Waals surface area contributed by atoms with Gasteiger partial charge in [0.25, 0.3) is 11.7 Å². The van der Waals surface area contributed by atoms with E-state index in [9.17, 15) is 14.7 Å². The van der Waals surface area contributed by atoms with E-state index in [0.717, 1.165) is 16.3 Å². The molecule has 0 radical (unpaired) electrons. The van der Waals surface area contributed by atoms with Crippen LogP contribution in [0.1, 0.15) is 29.7 Å². The Bertz CT molecular complexity index is 1470. The summed E-state index contributed by atoms with van der Waals surface area (Å²) in [6.07, 6.45) is 0. The Labute approximate surface area is 203 Å². The van der Waals surface area contributed by atoms with Gasteiger partial charge in [0.05, 0.1) is 18.2 Å². The van der Waals surface area contributed by atoms with Crippen LogP contribution >= 0.6 is 0 Å². The van der Waals surface area contributed by atoms with Crippen LogP contribution in [0, 0.1) is 6.92 Å². The molecule has 1 fully saturated rings. The van der Waals surface area contributed by atoms with Crippen LogP contribution in [0.5, 0.6) is 5.75 Å². The summed E-state index contributed by atoms with van der Waals surface area (Å²) < 4.78 is 5.68. The Balaban J connectivity index is 1.72. The van der Waals surface area contributed by atoms with Crippen molar-refractivity contribution >= 4 is 33.9 Å². The molecule has 5 nitrogen and oxygen atoms in total. The van der Waals surface area contributed by atoms with Crippen LogP contribution in [-0.4, -0.2) is 23.4 Å². The van der Waals surface area contributed by atoms with Crippen molar-refractivity contribution in [3.8, 4) is 5.75 Å². The first-order chi connectivity index (χ1) is 17.0. The maximum atomic E-state index is 13.4. The molecule has 174 valence electrons. The van der Waals surface area contributed by atoms with E-state index >= 15 is 0 Å². The molecular formula is C30H25NO4. The van der Waals surface area contributed by atoms with Crippen molar-refractivity contribution in [1.82, 2.24) is 0 Å². The number of carbonyl (C=O) groups is 2. The van der Waals surface area contributed by atoms with Gasteiger partial charge in [0.15, 0.2) is 0 Å². The summed E-state index contributed by atoms with van der Waals surface area (Å²) in [6, 6.07) is 27.2. The summed E-state index contributed by atoms with van der Waals surface area (Å²) in [5.41, 5.74) is 2.84. The van der Waals surface area contributed by atoms with Crippen molar-refractivity contribution in [3.63, 3.8) is 0 Å². The molecule has 1 unspecified atom stereocenters. The van der Waals surface area contributed by atoms with E-state index < -0.39 is 17.7 Å². The van der Waals surface area contributed by atoms with Crippen LogP contribution in [0.25, 0.3) is 16.5 Å². The highest BCUT2D eigenvalue weighted by Crippen LogP contribution is 2.43. The minimum Gasteiger partial charge on any atom is -0.507 e. The van der Waals surface area contributed by atoms with Gasteiger partial charge in [0.2, 0.25) is 0 Å². The summed E-state index contributed by atoms with van der Waals surface area (Å²) in [5.74, 6) is -0.966. The molecule has 1 N–H and O–H groups in total. The lowest BCUT2D eigenvalue weighted by atomic mass is 9.94. The van der Waals surface area contributed by atoms with Gasteiger partial charge >= 0.3 is 0 Å². The summed E-state index contributed by atoms with van der Waals surface area (Å²) in [5, 5.41) is 13.4. The molecule has 0 saturated carbocycles. The molecule has 0 aliphatic carbocycles. The zero-order valence-electron chi connectivity index (χ0n) is 19.6. The summed E-state index contributed by atoms with van der Waals surface area (Å²) >= 11 is 0. The lowest BCUT2D eigenvalue weighted by Gasteiger charge is -2.26. The fraction of sp³-hybridized carbons (Fsp3) is 0.133. The summed E-state index contributed by atoms with van der Waals surface area (Å²) in [4.78, 5) is 28.2. The first kappa shape index (κ1) is 22.4. The number of hydrogen-bond donors (Lipinski definition) is 1. The van der Waals surface area contributed by atoms with Gasteiger partial charge in [-0.2, -0.15) is 0 Å². The molecule has 0 aromatic heterocycles. The first-order valence-corrected chi connectivity index (χ1v) is 11.6. The van der Waals surface area contributed by atoms with E-state index in [0.29, 0.717) is 29.2 Å². The molecule has 35 heavy (non-hydrogen) atoms. The number of hydrogen-bond acceptors (Lipinski definition) is 4. The number of amides is 1. The van der Waals surface area contributed by atoms with Crippen LogP contribution in [0.15, 0.2) is 96.6 Å². The quantitative estimate of drug-likeness (QED) is 0.218. The summed E-state index contributed by atoms with van der Waals surface area (Å²) in [7, 11) is 0. The molecule has 1 amide bonds. The lowest BCUT2D eigenvalue weighted by Crippen LogP contribution is -2.29. The van der Waals surface area contributed by atoms with Gasteiger partial charge in [-0.15, -0.1) is 0 Å². The van der Waals surface area contributed by atoms with E-state index in [2.05, 4.69) is 0 Å². The Hall–Kier alpha value is -4.38. The predicted molar refractivity (Wildman–Crippen MR) is 138 cm³/mol. The fourth-order valence-electron chi connectivity index (χ4n) is 4.55. The third-order valence-corrected chi connectivity index (χ3v) is 6.26. The monoisotopic (exact) mass is 463 g/mol. The normalized spacial score (nSPS) is 17.2. The third-order valence-electron chi connectivity index (χ3n) is 6.26. The second kappa shape index (κ2) is 9.11. The smallest absolute Gasteiger partial charge is 0.300 e. The van der Waals surface area contributed by atoms with E-state index in [1.54, 1.807) is 6.07 Å². The highest BCUT2D eigenvalue weighted by atomic mass is 16.5. The standard InChI is InChI=1S/C30H25NO4/c1-3-35-25-10-6-9-22(18-25)27-26(28(32)23-14-13-20-7-4-5-8-21(20)17-23)29(33)30(34)31(27)24-15-11-19(2)12-16-24/h4-18,27,32H,3H2,1-2H3/b28-26-. The number of ketones is 1. The van der Waals surface area contributed by atoms with Crippen molar-refractivity contribution in [2.24, 2.45) is 0 Å². The largest absolute Gasteiger partial charge is 0.507 e. The number of anilines is 1. The zero-order valence-corrected chi connectivity index (χ0v) is 19.6. The van der Waals surface area contributed by atoms with Crippen LogP contribution < -0.4 is 9.64 Å². The third kappa shape index (κ3) is 4.06. The number of ether oxygens (including phenoxy) is 1. The SMILES string of the molecule is CCOc1cccc(C2/C(=C(/O)c3ccc4ccccc4c3)C(=O)C(=O)N2c2ccc(C)cc2)c1. The van der Waals surface area contributed by atoms with Crippen LogP contribution in [0.4, 0.5) is 5.69 Å². The predicted octanol–water partition coefficient (Wildman–Crippen LogP) is 6.17. The topological polar surface area (TPSA) is 66.8 Å². The molecule has 5 heteroatoms. The molecule has 0 spiro atoms. The number of fused-ring (bicyclic) bond motifs is 1. The number of aliphatic hydroxyl groups is 1. The van der Waals surface area contributed by atoms with Gasteiger partial charge in [-0.25, -0.2) is 0 Å². The molecule has 5 rings (SSSR count). The number of Topliss-reactive ketones (excluding diaryl/α,β-unsaturated/α-hetero) is 1. The Morgan fingerprint density at radius 2 is 1.63 bits per heavy atom. The second-order valence-electron chi connectivity index (χ2n) is 8.57. The number of aliphatic hydroxyl groups excluding tert-OH is 1. The highest BCUT2D eigenvalue weighted by molar-refractivity contribution is 6.51. The molecule has 1 heterocycles. The second-order valence-corrected chi connectivity index (χ2v) is 8.57. The van der Waals surface area contributed by atoms with E-state index in [4.69, 9.17) is 4.74 Å². The van der Waals surface area contributed by atoms with Gasteiger partial charge in [-0.3, -0.25) is 14.5 Å². The molecule has 4 aromatic rings. The Kier molecular flexibility index (Phi) is 5.83. The van der Waals surface area contributed by atoms with Gasteiger partial charge in [-0.1, -0.05) is 66.2 Å². The van der Waals surface area contributed by atoms with Crippen LogP contribution in [0.2, 0.25) is 0 Å². The van der Waals surface area contributed by atoms with Gasteiger partial charge < -0.3 is 9.84 Å². The average molecular weight is 464 g/mol. The maximum Gasteiger partial charge on any atom is 0.300 e. The fourth-order valence-corrected chi connectivity index (χ4v) is 4.55. The summed E-state index contributed by atoms with van der Waals surface area (Å²) in [6.45, 7) is 4.34. The van der Waals surface area contributed by atoms with Crippen molar-refractivity contribution in [1.29, 1.82) is 0 Å². The van der Waals surface area contributed by atoms with Crippen molar-refractivity contribution in [2.45, 2.75) is 19.9 Å². The van der Waals surface area contributed by atoms with Gasteiger partial charge in [0, 0.05) is 11.3 Å². The zero-order chi connectivity index (χ0) is 24.5. The number of nitrogens with zero attached hydrogens (tertiary/aromatic N) is 1. The van der Waals surface area contributed by atoms with Gasteiger partial charge in [-0.05, 0) is 60.5 Å². The Morgan fingerprint density at radius 1 is 0.886 bits per heavy atom. The van der Waals surface area contributed by atoms with Crippen LogP contribution in [-0.2, 0) is 9.59 Å². The first-order valence-electron chi connectivity index (χ1n) is 11.6. The number of rotatable bonds is 5. The highest BCUT2D eigenvalue weighted by Gasteiger charge is 2.47.